The third-order valence-electron chi connectivity index (χ3n) is 2.94. The fourth-order valence-electron chi connectivity index (χ4n) is 2.06. The molecule has 3 heteroatoms. The molecule has 86 valence electrons. The summed E-state index contributed by atoms with van der Waals surface area (Å²) in [6, 6.07) is 4.20. The first-order chi connectivity index (χ1) is 7.58. The molecule has 16 heavy (non-hydrogen) atoms. The van der Waals surface area contributed by atoms with Gasteiger partial charge in [0, 0.05) is 17.3 Å². The van der Waals surface area contributed by atoms with E-state index in [1.807, 2.05) is 0 Å². The first-order valence-corrected chi connectivity index (χ1v) is 6.27. The molecule has 0 radical (unpaired) electrons. The monoisotopic (exact) mass is 282 g/mol. The first-order valence-electron chi connectivity index (χ1n) is 5.48. The van der Waals surface area contributed by atoms with Crippen molar-refractivity contribution in [2.45, 2.75) is 32.8 Å². The van der Waals surface area contributed by atoms with Crippen LogP contribution >= 0.6 is 15.9 Å². The van der Waals surface area contributed by atoms with Gasteiger partial charge in [0.25, 0.3) is 0 Å². The van der Waals surface area contributed by atoms with Crippen LogP contribution in [0.2, 0.25) is 0 Å². The molecule has 0 saturated carbocycles. The van der Waals surface area contributed by atoms with E-state index in [1.54, 1.807) is 0 Å². The standard InChI is InChI=1S/C13H15BrO2/c1-8-5-10(6-9(2)13(8)14)12-7-11(15)3-4-16-12/h5-6,12H,3-4,7H2,1-2H3. The number of Topliss-reactive ketones (excluding diaryl/α,β-unsaturated/α-hetero) is 1. The average molecular weight is 283 g/mol. The second kappa shape index (κ2) is 4.68. The van der Waals surface area contributed by atoms with Gasteiger partial charge in [0.2, 0.25) is 0 Å². The van der Waals surface area contributed by atoms with Gasteiger partial charge >= 0.3 is 0 Å². The number of ether oxygens (including phenoxy) is 1. The molecule has 1 aromatic rings. The van der Waals surface area contributed by atoms with E-state index in [0.29, 0.717) is 25.2 Å². The average Bonchev–Trinajstić information content (AvgIpc) is 2.25. The highest BCUT2D eigenvalue weighted by molar-refractivity contribution is 9.10. The quantitative estimate of drug-likeness (QED) is 0.788. The van der Waals surface area contributed by atoms with Crippen LogP contribution < -0.4 is 0 Å². The van der Waals surface area contributed by atoms with Crippen LogP contribution in [0.15, 0.2) is 16.6 Å². The van der Waals surface area contributed by atoms with Gasteiger partial charge < -0.3 is 4.74 Å². The zero-order chi connectivity index (χ0) is 11.7. The topological polar surface area (TPSA) is 26.3 Å². The van der Waals surface area contributed by atoms with Crippen LogP contribution in [0, 0.1) is 13.8 Å². The van der Waals surface area contributed by atoms with E-state index in [1.165, 1.54) is 11.1 Å². The van der Waals surface area contributed by atoms with Crippen LogP contribution in [0.5, 0.6) is 0 Å². The summed E-state index contributed by atoms with van der Waals surface area (Å²) >= 11 is 3.54. The van der Waals surface area contributed by atoms with E-state index in [2.05, 4.69) is 41.9 Å². The van der Waals surface area contributed by atoms with Crippen molar-refractivity contribution in [1.82, 2.24) is 0 Å². The smallest absolute Gasteiger partial charge is 0.138 e. The molecular formula is C13H15BrO2. The fraction of sp³-hybridized carbons (Fsp3) is 0.462. The highest BCUT2D eigenvalue weighted by atomic mass is 79.9. The summed E-state index contributed by atoms with van der Waals surface area (Å²) in [5, 5.41) is 0. The zero-order valence-corrected chi connectivity index (χ0v) is 11.1. The van der Waals surface area contributed by atoms with E-state index >= 15 is 0 Å². The van der Waals surface area contributed by atoms with Crippen molar-refractivity contribution in [1.29, 1.82) is 0 Å². The highest BCUT2D eigenvalue weighted by Gasteiger charge is 2.22. The molecule has 1 aliphatic heterocycles. The third-order valence-corrected chi connectivity index (χ3v) is 4.19. The summed E-state index contributed by atoms with van der Waals surface area (Å²) in [5.41, 5.74) is 3.50. The minimum Gasteiger partial charge on any atom is -0.373 e. The lowest BCUT2D eigenvalue weighted by molar-refractivity contribution is -0.128. The van der Waals surface area contributed by atoms with Gasteiger partial charge in [0.15, 0.2) is 0 Å². The predicted molar refractivity (Wildman–Crippen MR) is 66.6 cm³/mol. The number of carbonyl (C=O) groups excluding carboxylic acids is 1. The van der Waals surface area contributed by atoms with Crippen LogP contribution in [-0.4, -0.2) is 12.4 Å². The lowest BCUT2D eigenvalue weighted by atomic mass is 9.97. The fourth-order valence-corrected chi connectivity index (χ4v) is 2.29. The molecule has 2 nitrogen and oxygen atoms in total. The zero-order valence-electron chi connectivity index (χ0n) is 9.55. The summed E-state index contributed by atoms with van der Waals surface area (Å²) in [4.78, 5) is 11.4. The van der Waals surface area contributed by atoms with E-state index < -0.39 is 0 Å². The molecule has 1 atom stereocenters. The van der Waals surface area contributed by atoms with Gasteiger partial charge in [-0.2, -0.15) is 0 Å². The number of hydrogen-bond acceptors (Lipinski definition) is 2. The van der Waals surface area contributed by atoms with Gasteiger partial charge in [0.1, 0.15) is 5.78 Å². The first kappa shape index (κ1) is 11.8. The molecular weight excluding hydrogens is 268 g/mol. The van der Waals surface area contributed by atoms with Crippen LogP contribution in [-0.2, 0) is 9.53 Å². The Morgan fingerprint density at radius 2 is 1.94 bits per heavy atom. The Labute approximate surface area is 104 Å². The molecule has 0 N–H and O–H groups in total. The molecule has 1 saturated heterocycles. The molecule has 2 rings (SSSR count). The Hall–Kier alpha value is -0.670. The van der Waals surface area contributed by atoms with Crippen LogP contribution in [0.3, 0.4) is 0 Å². The Morgan fingerprint density at radius 1 is 1.31 bits per heavy atom. The van der Waals surface area contributed by atoms with Crippen molar-refractivity contribution >= 4 is 21.7 Å². The second-order valence-electron chi connectivity index (χ2n) is 4.32. The number of carbonyl (C=O) groups is 1. The predicted octanol–water partition coefficient (Wildman–Crippen LogP) is 3.49. The van der Waals surface area contributed by atoms with Crippen LogP contribution in [0.1, 0.15) is 35.6 Å². The largest absolute Gasteiger partial charge is 0.373 e. The Kier molecular flexibility index (Phi) is 3.45. The highest BCUT2D eigenvalue weighted by Crippen LogP contribution is 2.30. The lowest BCUT2D eigenvalue weighted by Gasteiger charge is -2.23. The number of benzene rings is 1. The molecule has 0 aromatic heterocycles. The number of ketones is 1. The normalized spacial score (nSPS) is 21.2. The molecule has 1 fully saturated rings. The summed E-state index contributed by atoms with van der Waals surface area (Å²) in [6.45, 7) is 4.67. The number of hydrogen-bond donors (Lipinski definition) is 0. The molecule has 0 spiro atoms. The molecule has 0 amide bonds. The van der Waals surface area contributed by atoms with Crippen molar-refractivity contribution in [3.63, 3.8) is 0 Å². The van der Waals surface area contributed by atoms with Gasteiger partial charge in [-0.3, -0.25) is 4.79 Å². The van der Waals surface area contributed by atoms with Gasteiger partial charge in [0.05, 0.1) is 12.7 Å². The number of rotatable bonds is 1. The number of halogens is 1. The maximum atomic E-state index is 11.4. The van der Waals surface area contributed by atoms with Crippen molar-refractivity contribution in [3.05, 3.63) is 33.3 Å². The van der Waals surface area contributed by atoms with Crippen molar-refractivity contribution in [2.24, 2.45) is 0 Å². The SMILES string of the molecule is Cc1cc(C2CC(=O)CCO2)cc(C)c1Br. The van der Waals surface area contributed by atoms with Crippen LogP contribution in [0.25, 0.3) is 0 Å². The summed E-state index contributed by atoms with van der Waals surface area (Å²) < 4.78 is 6.79. The number of aryl methyl sites for hydroxylation is 2. The third kappa shape index (κ3) is 2.36. The van der Waals surface area contributed by atoms with Gasteiger partial charge in [-0.05, 0) is 30.5 Å². The summed E-state index contributed by atoms with van der Waals surface area (Å²) in [6.07, 6.45) is 1.03. The maximum Gasteiger partial charge on any atom is 0.138 e. The second-order valence-corrected chi connectivity index (χ2v) is 5.11. The van der Waals surface area contributed by atoms with Crippen LogP contribution in [0.4, 0.5) is 0 Å². The maximum absolute atomic E-state index is 11.4. The van der Waals surface area contributed by atoms with E-state index in [-0.39, 0.29) is 6.10 Å². The molecule has 0 aliphatic carbocycles. The lowest BCUT2D eigenvalue weighted by Crippen LogP contribution is -2.19. The minimum absolute atomic E-state index is 0.0493. The van der Waals surface area contributed by atoms with E-state index in [9.17, 15) is 4.79 Å². The molecule has 0 bridgehead atoms. The Bertz CT molecular complexity index is 403. The van der Waals surface area contributed by atoms with Gasteiger partial charge in [-0.25, -0.2) is 0 Å². The van der Waals surface area contributed by atoms with Gasteiger partial charge in [-0.15, -0.1) is 0 Å². The van der Waals surface area contributed by atoms with Gasteiger partial charge in [-0.1, -0.05) is 28.1 Å². The van der Waals surface area contributed by atoms with E-state index in [0.717, 1.165) is 10.0 Å². The van der Waals surface area contributed by atoms with Crippen molar-refractivity contribution < 1.29 is 9.53 Å². The summed E-state index contributed by atoms with van der Waals surface area (Å²) in [7, 11) is 0. The Balaban J connectivity index is 2.30. The summed E-state index contributed by atoms with van der Waals surface area (Å²) in [5.74, 6) is 0.300. The molecule has 1 aliphatic rings. The minimum atomic E-state index is -0.0493. The molecule has 1 unspecified atom stereocenters. The molecule has 1 aromatic carbocycles. The van der Waals surface area contributed by atoms with E-state index in [4.69, 9.17) is 4.74 Å². The molecule has 1 heterocycles. The Morgan fingerprint density at radius 3 is 2.50 bits per heavy atom. The van der Waals surface area contributed by atoms with Crippen molar-refractivity contribution in [2.75, 3.05) is 6.61 Å². The van der Waals surface area contributed by atoms with Crippen molar-refractivity contribution in [3.8, 4) is 0 Å².